The lowest BCUT2D eigenvalue weighted by Gasteiger charge is -2.28. The summed E-state index contributed by atoms with van der Waals surface area (Å²) in [4.78, 5) is 0. The average molecular weight is 358 g/mol. The summed E-state index contributed by atoms with van der Waals surface area (Å²) in [6.45, 7) is 4.95. The van der Waals surface area contributed by atoms with Crippen LogP contribution in [-0.2, 0) is 11.4 Å². The zero-order chi connectivity index (χ0) is 14.8. The molecule has 0 saturated carbocycles. The smallest absolute Gasteiger partial charge is 0.262 e. The molecule has 1 aromatic rings. The maximum Gasteiger partial charge on any atom is 0.262 e. The van der Waals surface area contributed by atoms with E-state index in [1.54, 1.807) is 20.8 Å². The Hall–Kier alpha value is -0.240. The third-order valence-corrected chi connectivity index (χ3v) is 4.41. The lowest BCUT2D eigenvalue weighted by atomic mass is 10.1. The van der Waals surface area contributed by atoms with Crippen LogP contribution in [0.25, 0.3) is 0 Å². The number of benzene rings is 1. The highest BCUT2D eigenvalue weighted by Crippen LogP contribution is 2.28. The Morgan fingerprint density at radius 2 is 1.89 bits per heavy atom. The second kappa shape index (κ2) is 6.47. The van der Waals surface area contributed by atoms with E-state index in [4.69, 9.17) is 0 Å². The van der Waals surface area contributed by atoms with E-state index in [-0.39, 0.29) is 5.56 Å². The van der Waals surface area contributed by atoms with Crippen LogP contribution < -0.4 is 4.72 Å². The van der Waals surface area contributed by atoms with Gasteiger partial charge in [0.2, 0.25) is 0 Å². The quantitative estimate of drug-likeness (QED) is 0.828. The van der Waals surface area contributed by atoms with Gasteiger partial charge in [-0.05, 0) is 39.0 Å². The van der Waals surface area contributed by atoms with Gasteiger partial charge in [-0.2, -0.15) is 0 Å². The molecule has 2 atom stereocenters. The molecule has 0 amide bonds. The minimum absolute atomic E-state index is 0.207. The molecule has 1 rings (SSSR count). The first kappa shape index (κ1) is 16.8. The first-order valence-corrected chi connectivity index (χ1v) is 7.48. The molecule has 1 N–H and O–H groups in total. The molecule has 1 aromatic carbocycles. The Morgan fingerprint density at radius 3 is 2.37 bits per heavy atom. The maximum absolute atomic E-state index is 13.6. The van der Waals surface area contributed by atoms with Crippen LogP contribution >= 0.6 is 15.9 Å². The topological polar surface area (TPSA) is 35.1 Å². The number of hydrogen-bond acceptors (Lipinski definition) is 2. The molecule has 1 unspecified atom stereocenters. The molecule has 0 fully saturated rings. The van der Waals surface area contributed by atoms with E-state index in [1.807, 2.05) is 0 Å². The predicted octanol–water partition coefficient (Wildman–Crippen LogP) is 3.95. The van der Waals surface area contributed by atoms with Gasteiger partial charge in [0.25, 0.3) is 6.43 Å². The standard InChI is InChI=1S/C12H15BrF3NOS/c1-12(2,3)19(18)17-10(11(15)16)8-6-7(13)4-5-9(8)14/h4-6,10-11,17H,1-3H3/t10-,19?/m0/s1. The molecule has 0 radical (unpaired) electrons. The van der Waals surface area contributed by atoms with Crippen LogP contribution in [0.2, 0.25) is 0 Å². The normalized spacial score (nSPS) is 15.6. The number of alkyl halides is 2. The van der Waals surface area contributed by atoms with E-state index < -0.39 is 34.4 Å². The zero-order valence-corrected chi connectivity index (χ0v) is 13.1. The number of nitrogens with one attached hydrogen (secondary N) is 1. The monoisotopic (exact) mass is 357 g/mol. The third-order valence-electron chi connectivity index (χ3n) is 2.34. The zero-order valence-electron chi connectivity index (χ0n) is 10.7. The van der Waals surface area contributed by atoms with Crippen molar-refractivity contribution in [2.24, 2.45) is 0 Å². The van der Waals surface area contributed by atoms with E-state index >= 15 is 0 Å². The van der Waals surface area contributed by atoms with Gasteiger partial charge in [-0.3, -0.25) is 0 Å². The summed E-state index contributed by atoms with van der Waals surface area (Å²) in [6.07, 6.45) is -2.87. The highest BCUT2D eigenvalue weighted by molar-refractivity contribution is 9.10. The summed E-state index contributed by atoms with van der Waals surface area (Å²) in [5, 5.41) is 0. The summed E-state index contributed by atoms with van der Waals surface area (Å²) in [5.74, 6) is -0.757. The van der Waals surface area contributed by atoms with Crippen LogP contribution in [0, 0.1) is 5.82 Å². The van der Waals surface area contributed by atoms with Crippen LogP contribution in [0.1, 0.15) is 32.4 Å². The summed E-state index contributed by atoms with van der Waals surface area (Å²) < 4.78 is 53.7. The van der Waals surface area contributed by atoms with Crippen molar-refractivity contribution in [3.05, 3.63) is 34.1 Å². The lowest BCUT2D eigenvalue weighted by molar-refractivity contribution is 0.107. The SMILES string of the molecule is CC(C)(C)[S+]([O-])N[C@@H](c1cc(Br)ccc1F)C(F)F. The van der Waals surface area contributed by atoms with E-state index in [0.29, 0.717) is 4.47 Å². The van der Waals surface area contributed by atoms with Crippen LogP contribution in [0.4, 0.5) is 13.2 Å². The van der Waals surface area contributed by atoms with E-state index in [0.717, 1.165) is 6.07 Å². The largest absolute Gasteiger partial charge is 0.598 e. The molecule has 19 heavy (non-hydrogen) atoms. The third kappa shape index (κ3) is 4.66. The molecule has 0 aliphatic rings. The summed E-state index contributed by atoms with van der Waals surface area (Å²) in [6, 6.07) is 2.16. The summed E-state index contributed by atoms with van der Waals surface area (Å²) >= 11 is 1.39. The molecule has 7 heteroatoms. The van der Waals surface area contributed by atoms with E-state index in [1.165, 1.54) is 12.1 Å². The first-order valence-electron chi connectivity index (χ1n) is 5.54. The molecule has 0 saturated heterocycles. The van der Waals surface area contributed by atoms with Crippen molar-refractivity contribution in [3.8, 4) is 0 Å². The summed E-state index contributed by atoms with van der Waals surface area (Å²) in [5.41, 5.74) is -0.207. The molecule has 0 bridgehead atoms. The molecule has 2 nitrogen and oxygen atoms in total. The minimum Gasteiger partial charge on any atom is -0.598 e. The fourth-order valence-electron chi connectivity index (χ4n) is 1.30. The molecule has 108 valence electrons. The van der Waals surface area contributed by atoms with Gasteiger partial charge in [-0.15, -0.1) is 4.72 Å². The predicted molar refractivity (Wildman–Crippen MR) is 73.9 cm³/mol. The average Bonchev–Trinajstić information content (AvgIpc) is 2.27. The lowest BCUT2D eigenvalue weighted by Crippen LogP contribution is -2.43. The van der Waals surface area contributed by atoms with Gasteiger partial charge in [-0.1, -0.05) is 15.9 Å². The van der Waals surface area contributed by atoms with Gasteiger partial charge in [0.1, 0.15) is 16.6 Å². The van der Waals surface area contributed by atoms with Crippen LogP contribution in [0.3, 0.4) is 0 Å². The Kier molecular flexibility index (Phi) is 5.73. The van der Waals surface area contributed by atoms with Crippen molar-refractivity contribution in [2.45, 2.75) is 38.0 Å². The molecule has 0 aliphatic heterocycles. The van der Waals surface area contributed by atoms with Crippen LogP contribution in [0.5, 0.6) is 0 Å². The van der Waals surface area contributed by atoms with Crippen molar-refractivity contribution in [2.75, 3.05) is 0 Å². The molecular weight excluding hydrogens is 343 g/mol. The van der Waals surface area contributed by atoms with Gasteiger partial charge in [0.05, 0.1) is 0 Å². The Bertz CT molecular complexity index is 439. The van der Waals surface area contributed by atoms with E-state index in [2.05, 4.69) is 20.7 Å². The van der Waals surface area contributed by atoms with Gasteiger partial charge >= 0.3 is 0 Å². The van der Waals surface area contributed by atoms with E-state index in [9.17, 15) is 17.7 Å². The Morgan fingerprint density at radius 1 is 1.32 bits per heavy atom. The highest BCUT2D eigenvalue weighted by Gasteiger charge is 2.35. The Balaban J connectivity index is 3.05. The summed E-state index contributed by atoms with van der Waals surface area (Å²) in [7, 11) is 0. The molecular formula is C12H15BrF3NOS. The van der Waals surface area contributed by atoms with Gasteiger partial charge < -0.3 is 4.55 Å². The molecule has 0 aliphatic carbocycles. The fraction of sp³-hybridized carbons (Fsp3) is 0.500. The van der Waals surface area contributed by atoms with Crippen molar-refractivity contribution >= 4 is 27.3 Å². The van der Waals surface area contributed by atoms with Gasteiger partial charge in [-0.25, -0.2) is 13.2 Å². The molecule has 0 aromatic heterocycles. The van der Waals surface area contributed by atoms with Crippen molar-refractivity contribution in [3.63, 3.8) is 0 Å². The van der Waals surface area contributed by atoms with Crippen molar-refractivity contribution in [1.29, 1.82) is 0 Å². The number of rotatable bonds is 4. The Labute approximate surface area is 122 Å². The van der Waals surface area contributed by atoms with Gasteiger partial charge in [0.15, 0.2) is 0 Å². The second-order valence-electron chi connectivity index (χ2n) is 4.98. The molecule has 0 spiro atoms. The fourth-order valence-corrected chi connectivity index (χ4v) is 2.49. The van der Waals surface area contributed by atoms with Crippen molar-refractivity contribution in [1.82, 2.24) is 4.72 Å². The van der Waals surface area contributed by atoms with Crippen LogP contribution in [-0.4, -0.2) is 15.7 Å². The number of hydrogen-bond donors (Lipinski definition) is 1. The van der Waals surface area contributed by atoms with Crippen LogP contribution in [0.15, 0.2) is 22.7 Å². The first-order chi connectivity index (χ1) is 8.62. The van der Waals surface area contributed by atoms with Crippen molar-refractivity contribution < 1.29 is 17.7 Å². The van der Waals surface area contributed by atoms with Gasteiger partial charge in [0, 0.05) is 21.4 Å². The minimum atomic E-state index is -2.87. The second-order valence-corrected chi connectivity index (χ2v) is 7.89. The maximum atomic E-state index is 13.6. The number of halogens is 4. The highest BCUT2D eigenvalue weighted by atomic mass is 79.9. The molecule has 0 heterocycles.